The fraction of sp³-hybridized carbons (Fsp3) is 0.467. The SMILES string of the molecule is CCC.Cc1cccc(S(=O)(=O)n2cnc(C3CC3)n2)c1. The Balaban J connectivity index is 0.000000497. The van der Waals surface area contributed by atoms with Crippen molar-refractivity contribution < 1.29 is 8.42 Å². The Labute approximate surface area is 126 Å². The quantitative estimate of drug-likeness (QED) is 0.874. The van der Waals surface area contributed by atoms with Crippen molar-refractivity contribution in [3.8, 4) is 0 Å². The van der Waals surface area contributed by atoms with E-state index < -0.39 is 10.0 Å². The monoisotopic (exact) mass is 307 g/mol. The molecule has 1 saturated carbocycles. The number of aryl methyl sites for hydroxylation is 1. The van der Waals surface area contributed by atoms with Gasteiger partial charge in [-0.3, -0.25) is 0 Å². The molecule has 0 radical (unpaired) electrons. The summed E-state index contributed by atoms with van der Waals surface area (Å²) >= 11 is 0. The molecule has 0 aliphatic heterocycles. The summed E-state index contributed by atoms with van der Waals surface area (Å²) in [4.78, 5) is 4.31. The van der Waals surface area contributed by atoms with Crippen molar-refractivity contribution in [1.82, 2.24) is 14.2 Å². The molecule has 0 bridgehead atoms. The summed E-state index contributed by atoms with van der Waals surface area (Å²) < 4.78 is 25.6. The zero-order valence-corrected chi connectivity index (χ0v) is 13.5. The normalized spacial score (nSPS) is 14.4. The van der Waals surface area contributed by atoms with Gasteiger partial charge in [0.1, 0.15) is 6.33 Å². The lowest BCUT2D eigenvalue weighted by atomic mass is 10.2. The second-order valence-corrected chi connectivity index (χ2v) is 7.07. The number of hydrogen-bond donors (Lipinski definition) is 0. The minimum atomic E-state index is -3.60. The summed E-state index contributed by atoms with van der Waals surface area (Å²) in [6.07, 6.45) is 4.63. The van der Waals surface area contributed by atoms with Crippen LogP contribution in [0.4, 0.5) is 0 Å². The van der Waals surface area contributed by atoms with Gasteiger partial charge >= 0.3 is 0 Å². The van der Waals surface area contributed by atoms with Crippen molar-refractivity contribution in [2.24, 2.45) is 0 Å². The van der Waals surface area contributed by atoms with Crippen molar-refractivity contribution in [2.75, 3.05) is 0 Å². The van der Waals surface area contributed by atoms with Crippen LogP contribution in [0.25, 0.3) is 0 Å². The predicted octanol–water partition coefficient (Wildman–Crippen LogP) is 3.12. The highest BCUT2D eigenvalue weighted by molar-refractivity contribution is 7.89. The lowest BCUT2D eigenvalue weighted by molar-refractivity contribution is 0.579. The Hall–Kier alpha value is -1.69. The van der Waals surface area contributed by atoms with E-state index in [4.69, 9.17) is 0 Å². The van der Waals surface area contributed by atoms with Crippen molar-refractivity contribution in [3.05, 3.63) is 42.0 Å². The molecule has 0 amide bonds. The molecule has 3 rings (SSSR count). The first kappa shape index (κ1) is 15.7. The number of aromatic nitrogens is 3. The van der Waals surface area contributed by atoms with Crippen LogP contribution in [0.2, 0.25) is 0 Å². The van der Waals surface area contributed by atoms with E-state index in [-0.39, 0.29) is 4.90 Å². The van der Waals surface area contributed by atoms with Crippen LogP contribution in [0.15, 0.2) is 35.5 Å². The Bertz CT molecular complexity index is 703. The maximum Gasteiger partial charge on any atom is 0.284 e. The topological polar surface area (TPSA) is 64.8 Å². The van der Waals surface area contributed by atoms with Crippen molar-refractivity contribution in [2.45, 2.75) is 50.8 Å². The summed E-state index contributed by atoms with van der Waals surface area (Å²) in [6.45, 7) is 6.11. The third-order valence-electron chi connectivity index (χ3n) is 2.97. The lowest BCUT2D eigenvalue weighted by Gasteiger charge is -2.03. The molecule has 0 atom stereocenters. The lowest BCUT2D eigenvalue weighted by Crippen LogP contribution is -2.14. The predicted molar refractivity (Wildman–Crippen MR) is 81.7 cm³/mol. The van der Waals surface area contributed by atoms with Gasteiger partial charge in [-0.25, -0.2) is 4.98 Å². The minimum absolute atomic E-state index is 0.245. The average Bonchev–Trinajstić information content (AvgIpc) is 3.16. The van der Waals surface area contributed by atoms with E-state index in [0.29, 0.717) is 11.7 Å². The van der Waals surface area contributed by atoms with Gasteiger partial charge in [-0.05, 0) is 37.5 Å². The van der Waals surface area contributed by atoms with Crippen LogP contribution in [-0.2, 0) is 10.0 Å². The molecule has 1 heterocycles. The van der Waals surface area contributed by atoms with E-state index in [0.717, 1.165) is 22.5 Å². The molecule has 0 spiro atoms. The first-order valence-electron chi connectivity index (χ1n) is 7.22. The van der Waals surface area contributed by atoms with Crippen LogP contribution in [-0.4, -0.2) is 22.6 Å². The molecule has 6 heteroatoms. The molecule has 114 valence electrons. The van der Waals surface area contributed by atoms with Crippen molar-refractivity contribution in [1.29, 1.82) is 0 Å². The smallest absolute Gasteiger partial charge is 0.218 e. The standard InChI is InChI=1S/C12H13N3O2S.C3H8/c1-9-3-2-4-11(7-9)18(16,17)15-8-13-12(14-15)10-5-6-10;1-3-2/h2-4,7-8,10H,5-6H2,1H3;3H2,1-2H3. The molecule has 5 nitrogen and oxygen atoms in total. The Kier molecular flexibility index (Phi) is 4.77. The van der Waals surface area contributed by atoms with E-state index in [1.807, 2.05) is 13.0 Å². The summed E-state index contributed by atoms with van der Waals surface area (Å²) in [5.74, 6) is 0.977. The fourth-order valence-electron chi connectivity index (χ4n) is 1.79. The highest BCUT2D eigenvalue weighted by Crippen LogP contribution is 2.37. The fourth-order valence-corrected chi connectivity index (χ4v) is 2.95. The van der Waals surface area contributed by atoms with Crippen LogP contribution in [0.1, 0.15) is 50.4 Å². The molecule has 21 heavy (non-hydrogen) atoms. The van der Waals surface area contributed by atoms with Gasteiger partial charge in [0, 0.05) is 5.92 Å². The Morgan fingerprint density at radius 3 is 2.52 bits per heavy atom. The van der Waals surface area contributed by atoms with Gasteiger partial charge in [-0.2, -0.15) is 8.42 Å². The van der Waals surface area contributed by atoms with Crippen LogP contribution in [0.5, 0.6) is 0 Å². The van der Waals surface area contributed by atoms with Gasteiger partial charge in [0.25, 0.3) is 10.0 Å². The molecule has 1 aliphatic carbocycles. The van der Waals surface area contributed by atoms with Crippen molar-refractivity contribution in [3.63, 3.8) is 0 Å². The maximum atomic E-state index is 12.3. The number of benzene rings is 1. The zero-order chi connectivity index (χ0) is 15.5. The Morgan fingerprint density at radius 2 is 1.95 bits per heavy atom. The third kappa shape index (κ3) is 3.69. The van der Waals surface area contributed by atoms with Gasteiger partial charge in [0.05, 0.1) is 4.90 Å². The van der Waals surface area contributed by atoms with Crippen LogP contribution in [0.3, 0.4) is 0 Å². The van der Waals surface area contributed by atoms with Gasteiger partial charge < -0.3 is 0 Å². The van der Waals surface area contributed by atoms with Crippen molar-refractivity contribution >= 4 is 10.0 Å². The minimum Gasteiger partial charge on any atom is -0.218 e. The Morgan fingerprint density at radius 1 is 1.29 bits per heavy atom. The van der Waals surface area contributed by atoms with E-state index >= 15 is 0 Å². The zero-order valence-electron chi connectivity index (χ0n) is 12.7. The van der Waals surface area contributed by atoms with Crippen LogP contribution in [0, 0.1) is 6.92 Å². The highest BCUT2D eigenvalue weighted by atomic mass is 32.2. The molecule has 0 saturated heterocycles. The number of nitrogens with zero attached hydrogens (tertiary/aromatic N) is 3. The molecule has 1 aromatic carbocycles. The van der Waals surface area contributed by atoms with Gasteiger partial charge in [0.2, 0.25) is 0 Å². The van der Waals surface area contributed by atoms with E-state index in [1.54, 1.807) is 18.2 Å². The number of hydrogen-bond acceptors (Lipinski definition) is 4. The van der Waals surface area contributed by atoms with E-state index in [9.17, 15) is 8.42 Å². The van der Waals surface area contributed by atoms with Crippen LogP contribution < -0.4 is 0 Å². The molecule has 1 aromatic heterocycles. The summed E-state index contributed by atoms with van der Waals surface area (Å²) in [5, 5.41) is 4.07. The van der Waals surface area contributed by atoms with Gasteiger partial charge in [0.15, 0.2) is 5.82 Å². The van der Waals surface area contributed by atoms with Crippen LogP contribution >= 0.6 is 0 Å². The van der Waals surface area contributed by atoms with E-state index in [1.165, 1.54) is 12.7 Å². The number of rotatable bonds is 3. The summed E-state index contributed by atoms with van der Waals surface area (Å²) in [5.41, 5.74) is 0.901. The second-order valence-electron chi connectivity index (χ2n) is 5.28. The van der Waals surface area contributed by atoms with E-state index in [2.05, 4.69) is 23.9 Å². The average molecular weight is 307 g/mol. The largest absolute Gasteiger partial charge is 0.284 e. The molecular formula is C15H21N3O2S. The molecule has 0 N–H and O–H groups in total. The molecule has 1 aliphatic rings. The molecular weight excluding hydrogens is 286 g/mol. The third-order valence-corrected chi connectivity index (χ3v) is 4.48. The molecule has 0 unspecified atom stereocenters. The molecule has 1 fully saturated rings. The summed E-state index contributed by atoms with van der Waals surface area (Å²) in [6, 6.07) is 6.78. The molecule has 2 aromatic rings. The highest BCUT2D eigenvalue weighted by Gasteiger charge is 2.29. The first-order chi connectivity index (χ1) is 9.98. The van der Waals surface area contributed by atoms with Gasteiger partial charge in [-0.1, -0.05) is 32.4 Å². The second kappa shape index (κ2) is 6.39. The van der Waals surface area contributed by atoms with Gasteiger partial charge in [-0.15, -0.1) is 9.19 Å². The summed E-state index contributed by atoms with van der Waals surface area (Å²) in [7, 11) is -3.60. The first-order valence-corrected chi connectivity index (χ1v) is 8.66. The maximum absolute atomic E-state index is 12.3.